The Kier molecular flexibility index (Phi) is 6.58. The number of nitrogens with one attached hydrogen (secondary N) is 2. The first-order valence-electron chi connectivity index (χ1n) is 9.30. The van der Waals surface area contributed by atoms with Gasteiger partial charge in [-0.2, -0.15) is 0 Å². The second kappa shape index (κ2) is 9.31. The Morgan fingerprint density at radius 1 is 1.13 bits per heavy atom. The van der Waals surface area contributed by atoms with E-state index in [1.54, 1.807) is 36.4 Å². The summed E-state index contributed by atoms with van der Waals surface area (Å²) in [5.41, 5.74) is 1.73. The number of benzene rings is 2. The summed E-state index contributed by atoms with van der Waals surface area (Å²) in [7, 11) is 0. The molecule has 0 atom stereocenters. The van der Waals surface area contributed by atoms with Crippen LogP contribution >= 0.6 is 12.2 Å². The molecule has 3 N–H and O–H groups in total. The second-order valence-electron chi connectivity index (χ2n) is 6.83. The number of rotatable bonds is 6. The van der Waals surface area contributed by atoms with Crippen LogP contribution in [0.25, 0.3) is 0 Å². The average molecular weight is 428 g/mol. The van der Waals surface area contributed by atoms with Gasteiger partial charge >= 0.3 is 5.97 Å². The van der Waals surface area contributed by atoms with Crippen molar-refractivity contribution in [1.29, 1.82) is 0 Å². The zero-order chi connectivity index (χ0) is 21.7. The van der Waals surface area contributed by atoms with Gasteiger partial charge in [0.2, 0.25) is 0 Å². The third-order valence-electron chi connectivity index (χ3n) is 4.68. The molecule has 1 saturated heterocycles. The van der Waals surface area contributed by atoms with Gasteiger partial charge in [-0.25, -0.2) is 0 Å². The van der Waals surface area contributed by atoms with Crippen LogP contribution in [0.5, 0.6) is 0 Å². The lowest BCUT2D eigenvalue weighted by Crippen LogP contribution is -2.34. The topological polar surface area (TPSA) is 125 Å². The molecule has 0 bridgehead atoms. The first kappa shape index (κ1) is 21.2. The van der Waals surface area contributed by atoms with E-state index in [1.807, 2.05) is 4.90 Å². The number of thiocarbonyl (C=S) groups is 1. The third-order valence-corrected chi connectivity index (χ3v) is 4.88. The highest BCUT2D eigenvalue weighted by Crippen LogP contribution is 2.31. The number of anilines is 2. The average Bonchev–Trinajstić information content (AvgIpc) is 3.23. The number of nitro groups is 1. The van der Waals surface area contributed by atoms with Crippen LogP contribution in [0.4, 0.5) is 17.1 Å². The quantitative estimate of drug-likeness (QED) is 0.364. The van der Waals surface area contributed by atoms with Crippen LogP contribution in [0.3, 0.4) is 0 Å². The fourth-order valence-corrected chi connectivity index (χ4v) is 3.47. The maximum absolute atomic E-state index is 12.5. The summed E-state index contributed by atoms with van der Waals surface area (Å²) in [5, 5.41) is 25.6. The number of amides is 1. The lowest BCUT2D eigenvalue weighted by Gasteiger charge is -2.18. The van der Waals surface area contributed by atoms with E-state index >= 15 is 0 Å². The van der Waals surface area contributed by atoms with Crippen LogP contribution in [0, 0.1) is 10.1 Å². The maximum Gasteiger partial charge on any atom is 0.307 e. The molecular formula is C20H20N4O5S. The van der Waals surface area contributed by atoms with E-state index in [9.17, 15) is 19.7 Å². The number of hydrogen-bond acceptors (Lipinski definition) is 6. The van der Waals surface area contributed by atoms with Gasteiger partial charge in [0.05, 0.1) is 11.3 Å². The van der Waals surface area contributed by atoms with Crippen LogP contribution < -0.4 is 15.5 Å². The smallest absolute Gasteiger partial charge is 0.307 e. The summed E-state index contributed by atoms with van der Waals surface area (Å²) in [4.78, 5) is 36.1. The van der Waals surface area contributed by atoms with Crippen LogP contribution in [0.15, 0.2) is 42.5 Å². The summed E-state index contributed by atoms with van der Waals surface area (Å²) in [6.07, 6.45) is 1.88. The summed E-state index contributed by atoms with van der Waals surface area (Å²) < 4.78 is 0. The van der Waals surface area contributed by atoms with E-state index in [-0.39, 0.29) is 22.8 Å². The molecule has 10 heteroatoms. The molecule has 1 fully saturated rings. The van der Waals surface area contributed by atoms with Crippen molar-refractivity contribution >= 4 is 46.3 Å². The summed E-state index contributed by atoms with van der Waals surface area (Å²) in [5.74, 6) is -1.49. The number of nitro benzene ring substituents is 1. The van der Waals surface area contributed by atoms with Crippen molar-refractivity contribution in [3.05, 3.63) is 63.7 Å². The fourth-order valence-electron chi connectivity index (χ4n) is 3.25. The zero-order valence-corrected chi connectivity index (χ0v) is 16.8. The largest absolute Gasteiger partial charge is 0.481 e. The van der Waals surface area contributed by atoms with Crippen LogP contribution in [0.1, 0.15) is 28.8 Å². The SMILES string of the molecule is O=C(O)Cc1ccc(NC(=S)NC(=O)c2ccc(N3CCCC3)c([N+](=O)[O-])c2)cc1. The predicted molar refractivity (Wildman–Crippen MR) is 116 cm³/mol. The standard InChI is InChI=1S/C20H20N4O5S/c25-18(26)11-13-3-6-15(7-4-13)21-20(30)22-19(27)14-5-8-16(17(12-14)24(28)29)23-9-1-2-10-23/h3-8,12H,1-2,9-11H2,(H,25,26)(H2,21,22,27,30). The molecule has 30 heavy (non-hydrogen) atoms. The molecule has 0 unspecified atom stereocenters. The van der Waals surface area contributed by atoms with Crippen LogP contribution in [0.2, 0.25) is 0 Å². The lowest BCUT2D eigenvalue weighted by atomic mass is 10.1. The molecule has 0 saturated carbocycles. The molecule has 0 radical (unpaired) electrons. The molecule has 1 amide bonds. The highest BCUT2D eigenvalue weighted by atomic mass is 32.1. The number of carbonyl (C=O) groups excluding carboxylic acids is 1. The number of carboxylic acids is 1. The first-order chi connectivity index (χ1) is 14.3. The molecule has 3 rings (SSSR count). The van der Waals surface area contributed by atoms with E-state index in [1.165, 1.54) is 6.07 Å². The molecule has 1 heterocycles. The van der Waals surface area contributed by atoms with Gasteiger partial charge in [-0.15, -0.1) is 0 Å². The molecule has 0 spiro atoms. The number of nitrogens with zero attached hydrogens (tertiary/aromatic N) is 2. The highest BCUT2D eigenvalue weighted by molar-refractivity contribution is 7.80. The van der Waals surface area contributed by atoms with Crippen LogP contribution in [-0.4, -0.2) is 40.1 Å². The number of hydrogen-bond donors (Lipinski definition) is 3. The van der Waals surface area contributed by atoms with Gasteiger partial charge in [0.1, 0.15) is 5.69 Å². The van der Waals surface area contributed by atoms with Crippen LogP contribution in [-0.2, 0) is 11.2 Å². The van der Waals surface area contributed by atoms with E-state index in [0.717, 1.165) is 25.9 Å². The summed E-state index contributed by atoms with van der Waals surface area (Å²) in [6.45, 7) is 1.51. The number of carboxylic acid groups (broad SMARTS) is 1. The Labute approximate surface area is 177 Å². The highest BCUT2D eigenvalue weighted by Gasteiger charge is 2.24. The molecule has 0 aliphatic carbocycles. The normalized spacial score (nSPS) is 13.0. The molecule has 1 aliphatic rings. The second-order valence-corrected chi connectivity index (χ2v) is 7.24. The van der Waals surface area contributed by atoms with Crippen molar-refractivity contribution in [2.45, 2.75) is 19.3 Å². The minimum Gasteiger partial charge on any atom is -0.481 e. The molecule has 2 aromatic rings. The Balaban J connectivity index is 1.66. The Morgan fingerprint density at radius 3 is 2.40 bits per heavy atom. The van der Waals surface area contributed by atoms with E-state index in [0.29, 0.717) is 16.9 Å². The van der Waals surface area contributed by atoms with E-state index in [2.05, 4.69) is 10.6 Å². The van der Waals surface area contributed by atoms with Gasteiger partial charge in [-0.05, 0) is 54.9 Å². The monoisotopic (exact) mass is 428 g/mol. The number of aliphatic carboxylic acids is 1. The summed E-state index contributed by atoms with van der Waals surface area (Å²) >= 11 is 5.13. The first-order valence-corrected chi connectivity index (χ1v) is 9.71. The lowest BCUT2D eigenvalue weighted by molar-refractivity contribution is -0.384. The Hall–Kier alpha value is -3.53. The van der Waals surface area contributed by atoms with Crippen molar-refractivity contribution in [2.75, 3.05) is 23.3 Å². The summed E-state index contributed by atoms with van der Waals surface area (Å²) in [6, 6.07) is 11.0. The Bertz CT molecular complexity index is 987. The van der Waals surface area contributed by atoms with E-state index in [4.69, 9.17) is 17.3 Å². The predicted octanol–water partition coefficient (Wildman–Crippen LogP) is 2.95. The van der Waals surface area contributed by atoms with Gasteiger partial charge in [-0.1, -0.05) is 12.1 Å². The fraction of sp³-hybridized carbons (Fsp3) is 0.250. The third kappa shape index (κ3) is 5.29. The van der Waals surface area contributed by atoms with E-state index < -0.39 is 16.8 Å². The molecule has 156 valence electrons. The van der Waals surface area contributed by atoms with Gasteiger partial charge < -0.3 is 15.3 Å². The van der Waals surface area contributed by atoms with Gasteiger partial charge in [0.15, 0.2) is 5.11 Å². The van der Waals surface area contributed by atoms with Crippen molar-refractivity contribution in [1.82, 2.24) is 5.32 Å². The molecule has 9 nitrogen and oxygen atoms in total. The van der Waals surface area contributed by atoms with Crippen molar-refractivity contribution in [2.24, 2.45) is 0 Å². The molecule has 2 aromatic carbocycles. The maximum atomic E-state index is 12.5. The minimum atomic E-state index is -0.927. The van der Waals surface area contributed by atoms with Gasteiger partial charge in [0, 0.05) is 30.4 Å². The molecule has 1 aliphatic heterocycles. The van der Waals surface area contributed by atoms with Crippen molar-refractivity contribution < 1.29 is 19.6 Å². The minimum absolute atomic E-state index is 0.0252. The zero-order valence-electron chi connectivity index (χ0n) is 16.0. The molecular weight excluding hydrogens is 408 g/mol. The van der Waals surface area contributed by atoms with Gasteiger partial charge in [-0.3, -0.25) is 25.0 Å². The Morgan fingerprint density at radius 2 is 1.80 bits per heavy atom. The van der Waals surface area contributed by atoms with Crippen molar-refractivity contribution in [3.63, 3.8) is 0 Å². The number of carbonyl (C=O) groups is 2. The van der Waals surface area contributed by atoms with Gasteiger partial charge in [0.25, 0.3) is 11.6 Å². The molecule has 0 aromatic heterocycles. The van der Waals surface area contributed by atoms with Crippen molar-refractivity contribution in [3.8, 4) is 0 Å².